The van der Waals surface area contributed by atoms with Gasteiger partial charge in [0.15, 0.2) is 0 Å². The number of nitrogens with zero attached hydrogens (tertiary/aromatic N) is 1. The lowest BCUT2D eigenvalue weighted by Crippen LogP contribution is -2.33. The number of likely N-dealkylation sites (tertiary alicyclic amines) is 1. The molecule has 3 unspecified atom stereocenters. The largest absolute Gasteiger partial charge is 0.338 e. The van der Waals surface area contributed by atoms with Gasteiger partial charge in [-0.05, 0) is 55.6 Å². The van der Waals surface area contributed by atoms with Crippen molar-refractivity contribution in [2.75, 3.05) is 19.3 Å². The van der Waals surface area contributed by atoms with E-state index >= 15 is 0 Å². The molecular formula is C16H22N2OS. The SMILES string of the molecule is CSc1ccc(C)c(C(=O)N2CC3CCC(N)C3C2)c1. The Morgan fingerprint density at radius 1 is 1.35 bits per heavy atom. The predicted molar refractivity (Wildman–Crippen MR) is 83.1 cm³/mol. The Bertz CT molecular complexity index is 531. The molecule has 0 aromatic heterocycles. The zero-order chi connectivity index (χ0) is 14.3. The Hall–Kier alpha value is -1.00. The summed E-state index contributed by atoms with van der Waals surface area (Å²) in [5, 5.41) is 0. The fourth-order valence-electron chi connectivity index (χ4n) is 3.60. The van der Waals surface area contributed by atoms with E-state index in [9.17, 15) is 4.79 Å². The highest BCUT2D eigenvalue weighted by atomic mass is 32.2. The molecule has 1 saturated heterocycles. The third-order valence-corrected chi connectivity index (χ3v) is 5.60. The molecule has 1 aliphatic heterocycles. The first kappa shape index (κ1) is 14.0. The Labute approximate surface area is 124 Å². The number of fused-ring (bicyclic) bond motifs is 1. The van der Waals surface area contributed by atoms with Gasteiger partial charge in [-0.15, -0.1) is 11.8 Å². The zero-order valence-electron chi connectivity index (χ0n) is 12.1. The molecule has 1 aromatic carbocycles. The lowest BCUT2D eigenvalue weighted by Gasteiger charge is -2.20. The molecular weight excluding hydrogens is 268 g/mol. The number of carbonyl (C=O) groups excluding carboxylic acids is 1. The molecule has 2 N–H and O–H groups in total. The van der Waals surface area contributed by atoms with Crippen molar-refractivity contribution < 1.29 is 4.79 Å². The molecule has 1 aromatic rings. The molecule has 0 radical (unpaired) electrons. The highest BCUT2D eigenvalue weighted by Gasteiger charge is 2.42. The summed E-state index contributed by atoms with van der Waals surface area (Å²) in [7, 11) is 0. The van der Waals surface area contributed by atoms with Crippen molar-refractivity contribution in [3.63, 3.8) is 0 Å². The van der Waals surface area contributed by atoms with Crippen LogP contribution in [-0.2, 0) is 0 Å². The monoisotopic (exact) mass is 290 g/mol. The van der Waals surface area contributed by atoms with E-state index in [0.717, 1.165) is 35.5 Å². The van der Waals surface area contributed by atoms with Gasteiger partial charge in [-0.3, -0.25) is 4.79 Å². The number of nitrogens with two attached hydrogens (primary N) is 1. The van der Waals surface area contributed by atoms with E-state index < -0.39 is 0 Å². The second-order valence-corrected chi connectivity index (χ2v) is 6.94. The van der Waals surface area contributed by atoms with Crippen LogP contribution in [0.5, 0.6) is 0 Å². The third-order valence-electron chi connectivity index (χ3n) is 4.87. The number of hydrogen-bond donors (Lipinski definition) is 1. The Balaban J connectivity index is 1.80. The first-order chi connectivity index (χ1) is 9.60. The molecule has 4 heteroatoms. The summed E-state index contributed by atoms with van der Waals surface area (Å²) in [5.74, 6) is 1.32. The van der Waals surface area contributed by atoms with Crippen molar-refractivity contribution in [3.8, 4) is 0 Å². The predicted octanol–water partition coefficient (Wildman–Crippen LogP) is 2.53. The molecule has 1 saturated carbocycles. The second kappa shape index (κ2) is 5.41. The van der Waals surface area contributed by atoms with Crippen LogP contribution in [0.25, 0.3) is 0 Å². The average Bonchev–Trinajstić information content (AvgIpc) is 3.01. The third kappa shape index (κ3) is 2.35. The Morgan fingerprint density at radius 2 is 2.15 bits per heavy atom. The van der Waals surface area contributed by atoms with E-state index in [4.69, 9.17) is 5.73 Å². The molecule has 1 heterocycles. The van der Waals surface area contributed by atoms with Crippen LogP contribution < -0.4 is 5.73 Å². The number of carbonyl (C=O) groups is 1. The quantitative estimate of drug-likeness (QED) is 0.851. The molecule has 3 atom stereocenters. The van der Waals surface area contributed by atoms with Crippen molar-refractivity contribution in [1.82, 2.24) is 4.90 Å². The van der Waals surface area contributed by atoms with Gasteiger partial charge in [-0.1, -0.05) is 6.07 Å². The first-order valence-corrected chi connectivity index (χ1v) is 8.52. The van der Waals surface area contributed by atoms with Gasteiger partial charge in [-0.2, -0.15) is 0 Å². The van der Waals surface area contributed by atoms with Crippen molar-refractivity contribution in [2.45, 2.75) is 30.7 Å². The summed E-state index contributed by atoms with van der Waals surface area (Å²) in [4.78, 5) is 15.9. The summed E-state index contributed by atoms with van der Waals surface area (Å²) in [5.41, 5.74) is 8.07. The summed E-state index contributed by atoms with van der Waals surface area (Å²) in [6.07, 6.45) is 4.34. The van der Waals surface area contributed by atoms with E-state index in [1.54, 1.807) is 11.8 Å². The van der Waals surface area contributed by atoms with Crippen molar-refractivity contribution in [1.29, 1.82) is 0 Å². The molecule has 2 aliphatic rings. The lowest BCUT2D eigenvalue weighted by atomic mass is 9.98. The van der Waals surface area contributed by atoms with Crippen LogP contribution in [0.15, 0.2) is 23.1 Å². The minimum absolute atomic E-state index is 0.181. The summed E-state index contributed by atoms with van der Waals surface area (Å²) in [6.45, 7) is 3.74. The summed E-state index contributed by atoms with van der Waals surface area (Å²) in [6, 6.07) is 6.43. The smallest absolute Gasteiger partial charge is 0.254 e. The van der Waals surface area contributed by atoms with Crippen LogP contribution in [0, 0.1) is 18.8 Å². The normalized spacial score (nSPS) is 28.8. The Morgan fingerprint density at radius 3 is 2.85 bits per heavy atom. The van der Waals surface area contributed by atoms with Crippen LogP contribution in [-0.4, -0.2) is 36.2 Å². The number of thioether (sulfide) groups is 1. The van der Waals surface area contributed by atoms with Gasteiger partial charge >= 0.3 is 0 Å². The van der Waals surface area contributed by atoms with Gasteiger partial charge in [0, 0.05) is 29.6 Å². The van der Waals surface area contributed by atoms with Crippen LogP contribution in [0.1, 0.15) is 28.8 Å². The Kier molecular flexibility index (Phi) is 3.78. The van der Waals surface area contributed by atoms with E-state index in [1.165, 1.54) is 6.42 Å². The molecule has 20 heavy (non-hydrogen) atoms. The van der Waals surface area contributed by atoms with Gasteiger partial charge in [0.05, 0.1) is 0 Å². The standard InChI is InChI=1S/C16H22N2OS/c1-10-3-5-12(20-2)7-13(10)16(19)18-8-11-4-6-15(17)14(11)9-18/h3,5,7,11,14-15H,4,6,8-9,17H2,1-2H3. The van der Waals surface area contributed by atoms with E-state index in [0.29, 0.717) is 11.8 Å². The molecule has 1 amide bonds. The van der Waals surface area contributed by atoms with Crippen LogP contribution >= 0.6 is 11.8 Å². The summed E-state index contributed by atoms with van der Waals surface area (Å²) >= 11 is 1.68. The van der Waals surface area contributed by atoms with Crippen LogP contribution in [0.2, 0.25) is 0 Å². The highest BCUT2D eigenvalue weighted by molar-refractivity contribution is 7.98. The molecule has 108 valence electrons. The molecule has 2 fully saturated rings. The van der Waals surface area contributed by atoms with Crippen molar-refractivity contribution in [2.24, 2.45) is 17.6 Å². The maximum atomic E-state index is 12.7. The van der Waals surface area contributed by atoms with Crippen molar-refractivity contribution in [3.05, 3.63) is 29.3 Å². The minimum atomic E-state index is 0.181. The first-order valence-electron chi connectivity index (χ1n) is 7.29. The van der Waals surface area contributed by atoms with Gasteiger partial charge in [-0.25, -0.2) is 0 Å². The zero-order valence-corrected chi connectivity index (χ0v) is 13.0. The van der Waals surface area contributed by atoms with Gasteiger partial charge in [0.1, 0.15) is 0 Å². The number of hydrogen-bond acceptors (Lipinski definition) is 3. The number of benzene rings is 1. The lowest BCUT2D eigenvalue weighted by molar-refractivity contribution is 0.0778. The minimum Gasteiger partial charge on any atom is -0.338 e. The van der Waals surface area contributed by atoms with Crippen LogP contribution in [0.4, 0.5) is 0 Å². The molecule has 0 bridgehead atoms. The number of aryl methyl sites for hydroxylation is 1. The fraction of sp³-hybridized carbons (Fsp3) is 0.562. The molecule has 3 nitrogen and oxygen atoms in total. The van der Waals surface area contributed by atoms with E-state index in [2.05, 4.69) is 6.07 Å². The fourth-order valence-corrected chi connectivity index (χ4v) is 4.04. The average molecular weight is 290 g/mol. The number of rotatable bonds is 2. The van der Waals surface area contributed by atoms with Crippen molar-refractivity contribution >= 4 is 17.7 Å². The molecule has 3 rings (SSSR count). The van der Waals surface area contributed by atoms with E-state index in [-0.39, 0.29) is 11.9 Å². The second-order valence-electron chi connectivity index (χ2n) is 6.06. The van der Waals surface area contributed by atoms with Gasteiger partial charge in [0.25, 0.3) is 5.91 Å². The van der Waals surface area contributed by atoms with Gasteiger partial charge < -0.3 is 10.6 Å². The summed E-state index contributed by atoms with van der Waals surface area (Å²) < 4.78 is 0. The topological polar surface area (TPSA) is 46.3 Å². The maximum Gasteiger partial charge on any atom is 0.254 e. The van der Waals surface area contributed by atoms with Gasteiger partial charge in [0.2, 0.25) is 0 Å². The molecule has 0 spiro atoms. The molecule has 1 aliphatic carbocycles. The number of amides is 1. The van der Waals surface area contributed by atoms with Crippen LogP contribution in [0.3, 0.4) is 0 Å². The highest BCUT2D eigenvalue weighted by Crippen LogP contribution is 2.37. The van der Waals surface area contributed by atoms with E-state index in [1.807, 2.05) is 30.2 Å². The maximum absolute atomic E-state index is 12.7.